The van der Waals surface area contributed by atoms with Crippen molar-refractivity contribution in [2.45, 2.75) is 14.8 Å². The van der Waals surface area contributed by atoms with Gasteiger partial charge in [0.1, 0.15) is 0 Å². The fourth-order valence-corrected chi connectivity index (χ4v) is 6.59. The van der Waals surface area contributed by atoms with Crippen LogP contribution in [0.15, 0.2) is 36.7 Å². The van der Waals surface area contributed by atoms with E-state index < -0.39 is 18.4 Å². The summed E-state index contributed by atoms with van der Waals surface area (Å²) in [4.78, 5) is 7.15. The second-order valence-electron chi connectivity index (χ2n) is 4.86. The fraction of sp³-hybridized carbons (Fsp3) is 0.250. The van der Waals surface area contributed by atoms with Crippen LogP contribution in [0.4, 0.5) is 0 Å². The Balaban J connectivity index is 2.62. The average molecular weight is 341 g/mol. The maximum absolute atomic E-state index is 6.09. The van der Waals surface area contributed by atoms with Crippen LogP contribution in [0.3, 0.4) is 0 Å². The SMILES string of the molecule is [CH3][Sn]([CH3])([CH3])[c]1cc(Cl)ccc1-n1cccn1. The molecule has 84 valence electrons. The van der Waals surface area contributed by atoms with E-state index in [9.17, 15) is 0 Å². The van der Waals surface area contributed by atoms with Crippen molar-refractivity contribution >= 4 is 33.6 Å². The number of halogens is 1. The quantitative estimate of drug-likeness (QED) is 0.768. The Morgan fingerprint density at radius 3 is 2.56 bits per heavy atom. The van der Waals surface area contributed by atoms with Gasteiger partial charge in [0, 0.05) is 0 Å². The Hall–Kier alpha value is -0.481. The third kappa shape index (κ3) is 2.43. The Morgan fingerprint density at radius 2 is 2.00 bits per heavy atom. The molecule has 16 heavy (non-hydrogen) atoms. The molecule has 4 heteroatoms. The van der Waals surface area contributed by atoms with E-state index in [0.29, 0.717) is 0 Å². The van der Waals surface area contributed by atoms with Crippen molar-refractivity contribution in [2.75, 3.05) is 0 Å². The van der Waals surface area contributed by atoms with Crippen molar-refractivity contribution in [3.05, 3.63) is 41.7 Å². The van der Waals surface area contributed by atoms with Crippen molar-refractivity contribution in [3.8, 4) is 5.69 Å². The van der Waals surface area contributed by atoms with E-state index in [1.807, 2.05) is 23.0 Å². The number of hydrogen-bond donors (Lipinski definition) is 0. The Bertz CT molecular complexity index is 486. The molecule has 1 heterocycles. The first-order valence-electron chi connectivity index (χ1n) is 5.28. The summed E-state index contributed by atoms with van der Waals surface area (Å²) >= 11 is 3.93. The molecule has 0 unspecified atom stereocenters. The van der Waals surface area contributed by atoms with Crippen LogP contribution in [0, 0.1) is 0 Å². The van der Waals surface area contributed by atoms with Crippen LogP contribution in [0.1, 0.15) is 0 Å². The summed E-state index contributed by atoms with van der Waals surface area (Å²) in [6, 6.07) is 8.04. The van der Waals surface area contributed by atoms with Gasteiger partial charge < -0.3 is 0 Å². The van der Waals surface area contributed by atoms with Gasteiger partial charge in [-0.25, -0.2) is 0 Å². The van der Waals surface area contributed by atoms with Crippen molar-refractivity contribution in [2.24, 2.45) is 0 Å². The molecule has 2 aromatic rings. The monoisotopic (exact) mass is 342 g/mol. The zero-order valence-electron chi connectivity index (χ0n) is 9.74. The Kier molecular flexibility index (Phi) is 3.31. The summed E-state index contributed by atoms with van der Waals surface area (Å²) in [5.74, 6) is 0. The molecule has 1 aromatic heterocycles. The van der Waals surface area contributed by atoms with Gasteiger partial charge >= 0.3 is 106 Å². The summed E-state index contributed by atoms with van der Waals surface area (Å²) in [5, 5.41) is 5.11. The topological polar surface area (TPSA) is 17.8 Å². The predicted octanol–water partition coefficient (Wildman–Crippen LogP) is 3.07. The second-order valence-corrected chi connectivity index (χ2v) is 19.7. The van der Waals surface area contributed by atoms with Crippen LogP contribution >= 0.6 is 11.6 Å². The van der Waals surface area contributed by atoms with E-state index >= 15 is 0 Å². The Labute approximate surface area is 105 Å². The maximum atomic E-state index is 6.09. The molecule has 0 fully saturated rings. The molecule has 0 aliphatic heterocycles. The first-order valence-corrected chi connectivity index (χ1v) is 15.7. The van der Waals surface area contributed by atoms with Crippen molar-refractivity contribution in [3.63, 3.8) is 0 Å². The third-order valence-corrected chi connectivity index (χ3v) is 8.51. The third-order valence-electron chi connectivity index (χ3n) is 2.52. The summed E-state index contributed by atoms with van der Waals surface area (Å²) in [6.45, 7) is 0. The molecule has 0 atom stereocenters. The Morgan fingerprint density at radius 1 is 1.25 bits per heavy atom. The molecule has 0 aliphatic carbocycles. The van der Waals surface area contributed by atoms with Crippen LogP contribution in [-0.4, -0.2) is 28.2 Å². The molecule has 1 aromatic carbocycles. The first-order chi connectivity index (χ1) is 7.48. The fourth-order valence-electron chi connectivity index (χ4n) is 1.72. The van der Waals surface area contributed by atoms with E-state index in [-0.39, 0.29) is 0 Å². The van der Waals surface area contributed by atoms with E-state index in [2.05, 4.69) is 32.1 Å². The molecule has 0 radical (unpaired) electrons. The average Bonchev–Trinajstić information content (AvgIpc) is 2.69. The summed E-state index contributed by atoms with van der Waals surface area (Å²) in [6.07, 6.45) is 3.78. The van der Waals surface area contributed by atoms with Gasteiger partial charge in [0.15, 0.2) is 0 Å². The molecule has 0 amide bonds. The van der Waals surface area contributed by atoms with Gasteiger partial charge in [0.2, 0.25) is 0 Å². The van der Waals surface area contributed by atoms with Crippen molar-refractivity contribution in [1.29, 1.82) is 0 Å². The number of rotatable bonds is 2. The van der Waals surface area contributed by atoms with Crippen LogP contribution in [0.25, 0.3) is 5.69 Å². The molecule has 2 nitrogen and oxygen atoms in total. The van der Waals surface area contributed by atoms with Crippen molar-refractivity contribution < 1.29 is 0 Å². The summed E-state index contributed by atoms with van der Waals surface area (Å²) in [7, 11) is 0. The van der Waals surface area contributed by atoms with Crippen molar-refractivity contribution in [1.82, 2.24) is 9.78 Å². The van der Waals surface area contributed by atoms with Gasteiger partial charge in [0.05, 0.1) is 0 Å². The number of aromatic nitrogens is 2. The minimum absolute atomic E-state index is 0.817. The molecular formula is C12H15ClN2Sn. The van der Waals surface area contributed by atoms with Gasteiger partial charge in [-0.15, -0.1) is 0 Å². The van der Waals surface area contributed by atoms with Gasteiger partial charge in [0.25, 0.3) is 0 Å². The zero-order chi connectivity index (χ0) is 11.8. The minimum atomic E-state index is -2.16. The van der Waals surface area contributed by atoms with E-state index in [1.165, 1.54) is 9.27 Å². The predicted molar refractivity (Wildman–Crippen MR) is 71.6 cm³/mol. The van der Waals surface area contributed by atoms with Gasteiger partial charge in [-0.2, -0.15) is 0 Å². The van der Waals surface area contributed by atoms with Gasteiger partial charge in [-0.05, 0) is 0 Å². The number of benzene rings is 1. The summed E-state index contributed by atoms with van der Waals surface area (Å²) < 4.78 is 3.33. The number of nitrogens with zero attached hydrogens (tertiary/aromatic N) is 2. The van der Waals surface area contributed by atoms with Crippen LogP contribution in [-0.2, 0) is 0 Å². The van der Waals surface area contributed by atoms with E-state index in [4.69, 9.17) is 11.6 Å². The van der Waals surface area contributed by atoms with Gasteiger partial charge in [-0.1, -0.05) is 0 Å². The van der Waals surface area contributed by atoms with Gasteiger partial charge in [-0.3, -0.25) is 0 Å². The van der Waals surface area contributed by atoms with Crippen LogP contribution < -0.4 is 3.58 Å². The second kappa shape index (κ2) is 4.41. The van der Waals surface area contributed by atoms with Crippen LogP contribution in [0.2, 0.25) is 19.8 Å². The molecule has 0 N–H and O–H groups in total. The molecule has 0 saturated heterocycles. The molecule has 0 spiro atoms. The molecule has 2 rings (SSSR count). The summed E-state index contributed by atoms with van der Waals surface area (Å²) in [5.41, 5.74) is 1.18. The first kappa shape index (κ1) is 12.0. The number of hydrogen-bond acceptors (Lipinski definition) is 1. The molecule has 0 saturated carbocycles. The van der Waals surface area contributed by atoms with Crippen LogP contribution in [0.5, 0.6) is 0 Å². The van der Waals surface area contributed by atoms with E-state index in [1.54, 1.807) is 6.20 Å². The normalized spacial score (nSPS) is 11.8. The van der Waals surface area contributed by atoms with E-state index in [0.717, 1.165) is 5.02 Å². The molecule has 0 bridgehead atoms. The zero-order valence-corrected chi connectivity index (χ0v) is 13.3. The standard InChI is InChI=1S/C9H6ClN2.3CH3.Sn/c10-8-2-4-9(5-3-8)12-7-1-6-11-12;;;;/h1-4,6-7H;3*1H3;. The molecular weight excluding hydrogens is 326 g/mol. The molecule has 0 aliphatic rings.